The molecular formula is C25H28N5O2+. The Morgan fingerprint density at radius 1 is 1.25 bits per heavy atom. The molecule has 5 rings (SSSR count). The topological polar surface area (TPSA) is 81.8 Å². The third kappa shape index (κ3) is 3.77. The first-order chi connectivity index (χ1) is 15.5. The molecule has 2 aliphatic rings. The second kappa shape index (κ2) is 8.38. The predicted molar refractivity (Wildman–Crippen MR) is 124 cm³/mol. The molecule has 2 aromatic carbocycles. The molecule has 0 radical (unpaired) electrons. The van der Waals surface area contributed by atoms with E-state index in [4.69, 9.17) is 26.5 Å². The Hall–Kier alpha value is -3.21. The molecule has 0 saturated carbocycles. The van der Waals surface area contributed by atoms with Crippen LogP contribution >= 0.6 is 0 Å². The Morgan fingerprint density at radius 3 is 2.88 bits per heavy atom. The molecular weight excluding hydrogens is 402 g/mol. The molecule has 2 atom stereocenters. The monoisotopic (exact) mass is 430 g/mol. The Labute approximate surface area is 188 Å². The standard InChI is InChI=1S/C25H28N5O2/c1-15(2)31-23-10-7-16(13-21(23)27-3)25-28-24(29-32-25)20-6-4-5-19-18(20)8-9-22(19)30-12-11-17(26)14-30/h3-7,10,13,15,17,22H,8-9,11-12,14,26H2,1-2H3/q+1. The zero-order valence-corrected chi connectivity index (χ0v) is 18.5. The number of ether oxygens (including phenoxy) is 1. The second-order valence-electron chi connectivity index (χ2n) is 8.87. The second-order valence-corrected chi connectivity index (χ2v) is 8.87. The van der Waals surface area contributed by atoms with E-state index < -0.39 is 0 Å². The van der Waals surface area contributed by atoms with Crippen molar-refractivity contribution in [1.82, 2.24) is 15.0 Å². The van der Waals surface area contributed by atoms with Crippen molar-refractivity contribution in [2.45, 2.75) is 51.3 Å². The van der Waals surface area contributed by atoms with Crippen molar-refractivity contribution < 1.29 is 9.26 Å². The Morgan fingerprint density at radius 2 is 2.12 bits per heavy atom. The molecule has 0 spiro atoms. The summed E-state index contributed by atoms with van der Waals surface area (Å²) < 4.78 is 11.4. The first-order valence-corrected chi connectivity index (χ1v) is 11.2. The average Bonchev–Trinajstić information content (AvgIpc) is 3.52. The van der Waals surface area contributed by atoms with Gasteiger partial charge in [-0.1, -0.05) is 23.4 Å². The van der Waals surface area contributed by atoms with Gasteiger partial charge in [-0.15, -0.1) is 0 Å². The van der Waals surface area contributed by atoms with Crippen LogP contribution in [0.15, 0.2) is 40.9 Å². The van der Waals surface area contributed by atoms with Crippen molar-refractivity contribution in [2.24, 2.45) is 5.73 Å². The number of fused-ring (bicyclic) bond motifs is 1. The maximum atomic E-state index is 6.15. The maximum absolute atomic E-state index is 6.15. The van der Waals surface area contributed by atoms with Crippen LogP contribution in [0.2, 0.25) is 0 Å². The third-order valence-corrected chi connectivity index (χ3v) is 6.31. The van der Waals surface area contributed by atoms with Gasteiger partial charge in [0.25, 0.3) is 12.5 Å². The molecule has 1 fully saturated rings. The van der Waals surface area contributed by atoms with Gasteiger partial charge in [-0.3, -0.25) is 4.90 Å². The highest BCUT2D eigenvalue weighted by Crippen LogP contribution is 2.41. The van der Waals surface area contributed by atoms with E-state index in [9.17, 15) is 0 Å². The lowest BCUT2D eigenvalue weighted by Gasteiger charge is -2.24. The summed E-state index contributed by atoms with van der Waals surface area (Å²) in [6, 6.07) is 12.6. The summed E-state index contributed by atoms with van der Waals surface area (Å²) in [5.74, 6) is 1.66. The van der Waals surface area contributed by atoms with E-state index >= 15 is 0 Å². The molecule has 2 unspecified atom stereocenters. The van der Waals surface area contributed by atoms with E-state index in [0.29, 0.717) is 29.2 Å². The zero-order valence-electron chi connectivity index (χ0n) is 18.5. The number of nitrogens with two attached hydrogens (primary N) is 1. The Bertz CT molecular complexity index is 1180. The molecule has 1 aliphatic carbocycles. The van der Waals surface area contributed by atoms with E-state index in [-0.39, 0.29) is 12.1 Å². The van der Waals surface area contributed by atoms with Crippen LogP contribution in [0.25, 0.3) is 27.7 Å². The molecule has 1 aliphatic heterocycles. The third-order valence-electron chi connectivity index (χ3n) is 6.31. The molecule has 0 amide bonds. The molecule has 164 valence electrons. The van der Waals surface area contributed by atoms with E-state index in [1.54, 1.807) is 6.07 Å². The molecule has 1 aromatic heterocycles. The molecule has 3 aromatic rings. The summed E-state index contributed by atoms with van der Waals surface area (Å²) >= 11 is 0. The smallest absolute Gasteiger partial charge is 0.382 e. The van der Waals surface area contributed by atoms with Crippen LogP contribution in [-0.2, 0) is 6.42 Å². The minimum atomic E-state index is 0.0247. The van der Waals surface area contributed by atoms with Gasteiger partial charge in [0.2, 0.25) is 11.6 Å². The normalized spacial score (nSPS) is 20.5. The van der Waals surface area contributed by atoms with Crippen LogP contribution < -0.4 is 10.5 Å². The molecule has 32 heavy (non-hydrogen) atoms. The van der Waals surface area contributed by atoms with Crippen molar-refractivity contribution in [3.05, 3.63) is 52.4 Å². The summed E-state index contributed by atoms with van der Waals surface area (Å²) in [7, 11) is 0. The van der Waals surface area contributed by atoms with Gasteiger partial charge in [-0.2, -0.15) is 4.98 Å². The van der Waals surface area contributed by atoms with Crippen molar-refractivity contribution in [3.8, 4) is 35.2 Å². The van der Waals surface area contributed by atoms with Crippen LogP contribution in [-0.4, -0.2) is 40.3 Å². The van der Waals surface area contributed by atoms with Gasteiger partial charge < -0.3 is 15.0 Å². The number of rotatable bonds is 5. The molecule has 2 N–H and O–H groups in total. The quantitative estimate of drug-likeness (QED) is 0.626. The summed E-state index contributed by atoms with van der Waals surface area (Å²) in [6.07, 6.45) is 3.19. The van der Waals surface area contributed by atoms with Crippen LogP contribution in [0.5, 0.6) is 5.75 Å². The van der Waals surface area contributed by atoms with Crippen molar-refractivity contribution >= 4 is 5.69 Å². The number of nitrogens with zero attached hydrogens (tertiary/aromatic N) is 4. The first kappa shape index (κ1) is 20.7. The van der Waals surface area contributed by atoms with Crippen LogP contribution in [0, 0.1) is 6.57 Å². The van der Waals surface area contributed by atoms with Crippen LogP contribution in [0.3, 0.4) is 0 Å². The van der Waals surface area contributed by atoms with Gasteiger partial charge >= 0.3 is 5.69 Å². The summed E-state index contributed by atoms with van der Waals surface area (Å²) in [4.78, 5) is 11.1. The van der Waals surface area contributed by atoms with Crippen molar-refractivity contribution in [3.63, 3.8) is 0 Å². The van der Waals surface area contributed by atoms with Crippen molar-refractivity contribution in [2.75, 3.05) is 13.1 Å². The highest BCUT2D eigenvalue weighted by atomic mass is 16.5. The fraction of sp³-hybridized carbons (Fsp3) is 0.400. The van der Waals surface area contributed by atoms with Gasteiger partial charge in [0.05, 0.1) is 6.10 Å². The predicted octanol–water partition coefficient (Wildman–Crippen LogP) is 4.81. The maximum Gasteiger partial charge on any atom is 0.382 e. The van der Waals surface area contributed by atoms with E-state index in [1.807, 2.05) is 26.0 Å². The number of hydrogen-bond donors (Lipinski definition) is 1. The SMILES string of the molecule is C#[N+]c1cc(-c2nc(-c3cccc4c3CCC4N3CCC(N)C3)no2)ccc1OC(C)C. The van der Waals surface area contributed by atoms with Crippen LogP contribution in [0.4, 0.5) is 5.69 Å². The molecule has 0 bridgehead atoms. The molecule has 7 nitrogen and oxygen atoms in total. The Balaban J connectivity index is 1.44. The highest BCUT2D eigenvalue weighted by molar-refractivity contribution is 5.70. The number of benzene rings is 2. The minimum Gasteiger partial charge on any atom is -0.483 e. The van der Waals surface area contributed by atoms with Crippen molar-refractivity contribution in [1.29, 1.82) is 0 Å². The lowest BCUT2D eigenvalue weighted by molar-refractivity contribution is 0.242. The van der Waals surface area contributed by atoms with Gasteiger partial charge in [-0.25, -0.2) is 0 Å². The summed E-state index contributed by atoms with van der Waals surface area (Å²) in [6.45, 7) is 11.5. The molecule has 1 saturated heterocycles. The first-order valence-electron chi connectivity index (χ1n) is 11.2. The van der Waals surface area contributed by atoms with Crippen LogP contribution in [0.1, 0.15) is 43.9 Å². The lowest BCUT2D eigenvalue weighted by Crippen LogP contribution is -2.29. The van der Waals surface area contributed by atoms with Gasteiger partial charge in [0.1, 0.15) is 0 Å². The van der Waals surface area contributed by atoms with E-state index in [0.717, 1.165) is 43.5 Å². The highest BCUT2D eigenvalue weighted by Gasteiger charge is 2.33. The van der Waals surface area contributed by atoms with Gasteiger partial charge in [0.15, 0.2) is 0 Å². The summed E-state index contributed by atoms with van der Waals surface area (Å²) in [5.41, 5.74) is 11.2. The van der Waals surface area contributed by atoms with Gasteiger partial charge in [-0.05, 0) is 61.2 Å². The Kier molecular flexibility index (Phi) is 5.41. The fourth-order valence-electron chi connectivity index (χ4n) is 4.87. The average molecular weight is 431 g/mol. The number of likely N-dealkylation sites (tertiary alicyclic amines) is 1. The number of aromatic nitrogens is 2. The van der Waals surface area contributed by atoms with E-state index in [2.05, 4.69) is 33.1 Å². The molecule has 2 heterocycles. The minimum absolute atomic E-state index is 0.0247. The zero-order chi connectivity index (χ0) is 22.2. The molecule has 7 heteroatoms. The largest absolute Gasteiger partial charge is 0.483 e. The number of hydrogen-bond acceptors (Lipinski definition) is 6. The fourth-order valence-corrected chi connectivity index (χ4v) is 4.87. The van der Waals surface area contributed by atoms with Gasteiger partial charge in [0, 0.05) is 42.4 Å². The lowest BCUT2D eigenvalue weighted by atomic mass is 10.0. The summed E-state index contributed by atoms with van der Waals surface area (Å²) in [5, 5.41) is 4.29. The van der Waals surface area contributed by atoms with E-state index in [1.165, 1.54) is 11.1 Å².